The quantitative estimate of drug-likeness (QED) is 0.801. The van der Waals surface area contributed by atoms with Crippen LogP contribution in [0, 0.1) is 0 Å². The van der Waals surface area contributed by atoms with Crippen LogP contribution in [0.5, 0.6) is 11.6 Å². The minimum absolute atomic E-state index is 0.0332. The molecule has 22 heavy (non-hydrogen) atoms. The average Bonchev–Trinajstić information content (AvgIpc) is 2.87. The first kappa shape index (κ1) is 15.8. The van der Waals surface area contributed by atoms with Crippen molar-refractivity contribution in [3.8, 4) is 11.6 Å². The third kappa shape index (κ3) is 3.20. The fraction of sp³-hybridized carbons (Fsp3) is 0.214. The molecule has 0 aliphatic heterocycles. The molecule has 0 bridgehead atoms. The highest BCUT2D eigenvalue weighted by Crippen LogP contribution is 2.24. The summed E-state index contributed by atoms with van der Waals surface area (Å²) in [6.07, 6.45) is 0. The van der Waals surface area contributed by atoms with Crippen molar-refractivity contribution in [3.05, 3.63) is 40.5 Å². The molecule has 0 radical (unpaired) electrons. The maximum absolute atomic E-state index is 12.2. The molecule has 1 heterocycles. The lowest BCUT2D eigenvalue weighted by Gasteiger charge is -2.08. The van der Waals surface area contributed by atoms with Gasteiger partial charge in [-0.1, -0.05) is 11.6 Å². The Morgan fingerprint density at radius 3 is 2.55 bits per heavy atom. The molecule has 1 aromatic carbocycles. The topological polar surface area (TPSA) is 79.6 Å². The van der Waals surface area contributed by atoms with Gasteiger partial charge in [-0.15, -0.1) is 0 Å². The molecule has 0 aliphatic rings. The Bertz CT molecular complexity index is 726. The van der Waals surface area contributed by atoms with Crippen molar-refractivity contribution in [2.24, 2.45) is 7.05 Å². The van der Waals surface area contributed by atoms with E-state index >= 15 is 0 Å². The minimum atomic E-state index is -0.682. The highest BCUT2D eigenvalue weighted by Gasteiger charge is 2.20. The molecule has 2 rings (SSSR count). The van der Waals surface area contributed by atoms with Crippen molar-refractivity contribution in [3.63, 3.8) is 0 Å². The molecular weight excluding hydrogens is 312 g/mol. The highest BCUT2D eigenvalue weighted by atomic mass is 35.5. The third-order valence-electron chi connectivity index (χ3n) is 2.81. The molecule has 0 unspecified atom stereocenters. The van der Waals surface area contributed by atoms with Gasteiger partial charge in [-0.3, -0.25) is 0 Å². The van der Waals surface area contributed by atoms with Crippen LogP contribution in [0.15, 0.2) is 24.3 Å². The number of esters is 2. The Morgan fingerprint density at radius 2 is 1.91 bits per heavy atom. The van der Waals surface area contributed by atoms with E-state index in [4.69, 9.17) is 21.1 Å². The summed E-state index contributed by atoms with van der Waals surface area (Å²) in [5, 5.41) is 4.26. The van der Waals surface area contributed by atoms with Crippen LogP contribution in [0.3, 0.4) is 0 Å². The number of hydrogen-bond acceptors (Lipinski definition) is 6. The van der Waals surface area contributed by atoms with E-state index < -0.39 is 11.9 Å². The summed E-state index contributed by atoms with van der Waals surface area (Å²) in [7, 11) is 4.20. The van der Waals surface area contributed by atoms with E-state index in [2.05, 4.69) is 9.84 Å². The second-order valence-electron chi connectivity index (χ2n) is 4.22. The van der Waals surface area contributed by atoms with E-state index in [1.807, 2.05) is 0 Å². The van der Waals surface area contributed by atoms with Gasteiger partial charge in [0.05, 0.1) is 14.2 Å². The van der Waals surface area contributed by atoms with Gasteiger partial charge < -0.3 is 14.2 Å². The van der Waals surface area contributed by atoms with Crippen molar-refractivity contribution in [2.45, 2.75) is 0 Å². The number of nitrogens with zero attached hydrogens (tertiary/aromatic N) is 2. The molecule has 8 heteroatoms. The van der Waals surface area contributed by atoms with E-state index in [0.717, 1.165) is 0 Å². The molecule has 0 saturated carbocycles. The Labute approximate surface area is 131 Å². The maximum atomic E-state index is 12.2. The van der Waals surface area contributed by atoms with Crippen molar-refractivity contribution in [2.75, 3.05) is 14.2 Å². The van der Waals surface area contributed by atoms with Crippen molar-refractivity contribution < 1.29 is 23.8 Å². The van der Waals surface area contributed by atoms with E-state index in [9.17, 15) is 9.59 Å². The second-order valence-corrected chi connectivity index (χ2v) is 4.65. The summed E-state index contributed by atoms with van der Waals surface area (Å²) in [5.41, 5.74) is 0.196. The number of methoxy groups -OCH3 is 2. The molecule has 0 saturated heterocycles. The fourth-order valence-electron chi connectivity index (χ4n) is 1.74. The highest BCUT2D eigenvalue weighted by molar-refractivity contribution is 6.31. The lowest BCUT2D eigenvalue weighted by atomic mass is 10.2. The Hall–Kier alpha value is -2.54. The number of ether oxygens (including phenoxy) is 3. The van der Waals surface area contributed by atoms with E-state index in [1.165, 1.54) is 38.1 Å². The Morgan fingerprint density at radius 1 is 1.18 bits per heavy atom. The summed E-state index contributed by atoms with van der Waals surface area (Å²) in [6, 6.07) is 5.89. The van der Waals surface area contributed by atoms with Crippen LogP contribution in [0.25, 0.3) is 0 Å². The van der Waals surface area contributed by atoms with E-state index in [0.29, 0.717) is 10.8 Å². The lowest BCUT2D eigenvalue weighted by molar-refractivity contribution is 0.0592. The monoisotopic (exact) mass is 324 g/mol. The van der Waals surface area contributed by atoms with Crippen molar-refractivity contribution >= 4 is 23.5 Å². The first-order chi connectivity index (χ1) is 10.5. The number of carbonyl (C=O) groups is 2. The zero-order valence-corrected chi connectivity index (χ0v) is 12.9. The number of aryl methyl sites for hydroxylation is 1. The van der Waals surface area contributed by atoms with Gasteiger partial charge in [0, 0.05) is 18.1 Å². The van der Waals surface area contributed by atoms with Gasteiger partial charge >= 0.3 is 11.9 Å². The molecule has 0 aliphatic carbocycles. The lowest BCUT2D eigenvalue weighted by Crippen LogP contribution is -2.12. The first-order valence-corrected chi connectivity index (χ1v) is 6.52. The van der Waals surface area contributed by atoms with Gasteiger partial charge in [0.25, 0.3) is 0 Å². The maximum Gasteiger partial charge on any atom is 0.358 e. The van der Waals surface area contributed by atoms with Crippen LogP contribution in [0.1, 0.15) is 20.8 Å². The number of halogens is 1. The Balaban J connectivity index is 2.28. The number of hydrogen-bond donors (Lipinski definition) is 0. The summed E-state index contributed by atoms with van der Waals surface area (Å²) < 4.78 is 16.1. The molecule has 0 spiro atoms. The van der Waals surface area contributed by atoms with E-state index in [-0.39, 0.29) is 17.1 Å². The standard InChI is InChI=1S/C14H13ClN2O5/c1-17-12(7-10(16-17)14(19)21-3)22-13(18)9-6-8(15)4-5-11(9)20-2/h4-7H,1-3H3. The fourth-order valence-corrected chi connectivity index (χ4v) is 1.91. The molecule has 0 fully saturated rings. The van der Waals surface area contributed by atoms with Gasteiger partial charge in [-0.05, 0) is 18.2 Å². The first-order valence-electron chi connectivity index (χ1n) is 6.14. The molecule has 2 aromatic rings. The minimum Gasteiger partial charge on any atom is -0.496 e. The summed E-state index contributed by atoms with van der Waals surface area (Å²) in [4.78, 5) is 23.6. The second kappa shape index (κ2) is 6.48. The smallest absolute Gasteiger partial charge is 0.358 e. The molecular formula is C14H13ClN2O5. The number of rotatable bonds is 4. The molecule has 0 N–H and O–H groups in total. The van der Waals surface area contributed by atoms with Crippen molar-refractivity contribution in [1.29, 1.82) is 0 Å². The van der Waals surface area contributed by atoms with E-state index in [1.54, 1.807) is 12.1 Å². The van der Waals surface area contributed by atoms with Gasteiger partial charge in [0.2, 0.25) is 5.88 Å². The van der Waals surface area contributed by atoms with Crippen molar-refractivity contribution in [1.82, 2.24) is 9.78 Å². The van der Waals surface area contributed by atoms with Gasteiger partial charge in [0.15, 0.2) is 5.69 Å². The normalized spacial score (nSPS) is 10.2. The van der Waals surface area contributed by atoms with Gasteiger partial charge in [0.1, 0.15) is 11.3 Å². The third-order valence-corrected chi connectivity index (χ3v) is 3.05. The number of aromatic nitrogens is 2. The molecule has 0 amide bonds. The van der Waals surface area contributed by atoms with Crippen LogP contribution in [0.4, 0.5) is 0 Å². The van der Waals surface area contributed by atoms with Crippen LogP contribution >= 0.6 is 11.6 Å². The van der Waals surface area contributed by atoms with Crippen LogP contribution in [0.2, 0.25) is 5.02 Å². The van der Waals surface area contributed by atoms with Gasteiger partial charge in [-0.25, -0.2) is 14.3 Å². The van der Waals surface area contributed by atoms with Crippen LogP contribution in [-0.4, -0.2) is 35.9 Å². The largest absolute Gasteiger partial charge is 0.496 e. The predicted octanol–water partition coefficient (Wildman–Crippen LogP) is 2.09. The molecule has 0 atom stereocenters. The Kier molecular flexibility index (Phi) is 4.67. The summed E-state index contributed by atoms with van der Waals surface area (Å²) >= 11 is 5.87. The zero-order chi connectivity index (χ0) is 16.3. The number of carbonyl (C=O) groups excluding carboxylic acids is 2. The predicted molar refractivity (Wildman–Crippen MR) is 77.5 cm³/mol. The number of benzene rings is 1. The van der Waals surface area contributed by atoms with Gasteiger partial charge in [-0.2, -0.15) is 5.10 Å². The van der Waals surface area contributed by atoms with Crippen LogP contribution in [-0.2, 0) is 11.8 Å². The van der Waals surface area contributed by atoms with Crippen LogP contribution < -0.4 is 9.47 Å². The SMILES string of the molecule is COC(=O)c1cc(OC(=O)c2cc(Cl)ccc2OC)n(C)n1. The molecule has 7 nitrogen and oxygen atoms in total. The average molecular weight is 325 g/mol. The summed E-state index contributed by atoms with van der Waals surface area (Å²) in [5.74, 6) is -0.894. The summed E-state index contributed by atoms with van der Waals surface area (Å²) in [6.45, 7) is 0. The molecule has 1 aromatic heterocycles. The molecule has 116 valence electrons. The zero-order valence-electron chi connectivity index (χ0n) is 12.1.